The lowest BCUT2D eigenvalue weighted by atomic mass is 10.1. The number of benzene rings is 1. The van der Waals surface area contributed by atoms with Crippen LogP contribution in [0.5, 0.6) is 0 Å². The molecule has 0 bridgehead atoms. The molecule has 2 rings (SSSR count). The van der Waals surface area contributed by atoms with Gasteiger partial charge in [-0.2, -0.15) is 0 Å². The van der Waals surface area contributed by atoms with E-state index in [0.717, 1.165) is 30.9 Å². The molecule has 1 aromatic carbocycles. The van der Waals surface area contributed by atoms with Gasteiger partial charge in [0.1, 0.15) is 11.6 Å². The van der Waals surface area contributed by atoms with E-state index in [1.54, 1.807) is 12.3 Å². The second-order valence-corrected chi connectivity index (χ2v) is 4.52. The minimum absolute atomic E-state index is 0.174. The zero-order valence-electron chi connectivity index (χ0n) is 11.5. The Bertz CT molecular complexity index is 534. The Morgan fingerprint density at radius 2 is 2.16 bits per heavy atom. The molecule has 1 N–H and O–H groups in total. The number of nitrogens with zero attached hydrogens (tertiary/aromatic N) is 2. The summed E-state index contributed by atoms with van der Waals surface area (Å²) in [7, 11) is 0. The van der Waals surface area contributed by atoms with E-state index in [2.05, 4.69) is 17.2 Å². The van der Waals surface area contributed by atoms with Crippen LogP contribution in [-0.4, -0.2) is 16.1 Å². The monoisotopic (exact) mass is 261 g/mol. The van der Waals surface area contributed by atoms with Crippen molar-refractivity contribution in [2.45, 2.75) is 33.4 Å². The molecule has 0 unspecified atom stereocenters. The smallest absolute Gasteiger partial charge is 0.139 e. The van der Waals surface area contributed by atoms with Crippen LogP contribution in [0.1, 0.15) is 25.8 Å². The van der Waals surface area contributed by atoms with Gasteiger partial charge in [0.05, 0.1) is 0 Å². The van der Waals surface area contributed by atoms with Crippen LogP contribution in [0.4, 0.5) is 4.39 Å². The summed E-state index contributed by atoms with van der Waals surface area (Å²) in [5.41, 5.74) is 1.52. The fraction of sp³-hybridized carbons (Fsp3) is 0.400. The largest absolute Gasteiger partial charge is 0.331 e. The Morgan fingerprint density at radius 3 is 2.84 bits per heavy atom. The number of rotatable bonds is 6. The molecule has 1 heterocycles. The normalized spacial score (nSPS) is 10.9. The van der Waals surface area contributed by atoms with Crippen LogP contribution < -0.4 is 5.32 Å². The van der Waals surface area contributed by atoms with Gasteiger partial charge in [-0.3, -0.25) is 0 Å². The summed E-state index contributed by atoms with van der Waals surface area (Å²) in [5, 5.41) is 3.21. The third kappa shape index (κ3) is 3.20. The molecule has 0 fully saturated rings. The first kappa shape index (κ1) is 13.7. The van der Waals surface area contributed by atoms with E-state index in [-0.39, 0.29) is 5.82 Å². The molecule has 0 aliphatic heterocycles. The van der Waals surface area contributed by atoms with Gasteiger partial charge in [0.25, 0.3) is 0 Å². The first-order valence-electron chi connectivity index (χ1n) is 6.77. The predicted molar refractivity (Wildman–Crippen MR) is 75.3 cm³/mol. The van der Waals surface area contributed by atoms with Crippen LogP contribution >= 0.6 is 0 Å². The summed E-state index contributed by atoms with van der Waals surface area (Å²) in [6.07, 6.45) is 4.70. The lowest BCUT2D eigenvalue weighted by Crippen LogP contribution is -2.14. The maximum absolute atomic E-state index is 14.0. The van der Waals surface area contributed by atoms with Gasteiger partial charge in [-0.25, -0.2) is 9.37 Å². The molecule has 0 radical (unpaired) electrons. The Kier molecular flexibility index (Phi) is 4.68. The number of hydrogen-bond donors (Lipinski definition) is 1. The van der Waals surface area contributed by atoms with Gasteiger partial charge in [0.2, 0.25) is 0 Å². The van der Waals surface area contributed by atoms with Gasteiger partial charge in [0.15, 0.2) is 0 Å². The van der Waals surface area contributed by atoms with E-state index in [1.807, 2.05) is 29.8 Å². The maximum atomic E-state index is 14.0. The van der Waals surface area contributed by atoms with Crippen molar-refractivity contribution in [2.75, 3.05) is 6.54 Å². The van der Waals surface area contributed by atoms with Gasteiger partial charge in [0, 0.05) is 36.6 Å². The summed E-state index contributed by atoms with van der Waals surface area (Å²) in [5.74, 6) is 0.640. The van der Waals surface area contributed by atoms with Crippen molar-refractivity contribution < 1.29 is 4.39 Å². The standard InChI is InChI=1S/C15H20FN3/c1-3-7-17-11-13-6-5-12(10-14(13)16)15-18-8-9-19(15)4-2/h5-6,8-10,17H,3-4,7,11H2,1-2H3. The van der Waals surface area contributed by atoms with Crippen molar-refractivity contribution in [2.24, 2.45) is 0 Å². The molecule has 0 saturated carbocycles. The summed E-state index contributed by atoms with van der Waals surface area (Å²) in [6, 6.07) is 5.33. The minimum atomic E-state index is -0.174. The lowest BCUT2D eigenvalue weighted by Gasteiger charge is -2.08. The number of aryl methyl sites for hydroxylation is 1. The number of halogens is 1. The Morgan fingerprint density at radius 1 is 1.32 bits per heavy atom. The summed E-state index contributed by atoms with van der Waals surface area (Å²) in [6.45, 7) is 6.45. The van der Waals surface area contributed by atoms with Crippen LogP contribution in [0.25, 0.3) is 11.4 Å². The van der Waals surface area contributed by atoms with E-state index in [0.29, 0.717) is 12.1 Å². The molecule has 102 valence electrons. The molecule has 0 spiro atoms. The van der Waals surface area contributed by atoms with Crippen molar-refractivity contribution in [1.82, 2.24) is 14.9 Å². The molecule has 0 saturated heterocycles. The fourth-order valence-electron chi connectivity index (χ4n) is 2.05. The highest BCUT2D eigenvalue weighted by atomic mass is 19.1. The van der Waals surface area contributed by atoms with Crippen molar-refractivity contribution in [3.05, 3.63) is 42.0 Å². The van der Waals surface area contributed by atoms with Crippen molar-refractivity contribution in [3.8, 4) is 11.4 Å². The average Bonchev–Trinajstić information content (AvgIpc) is 2.89. The number of aromatic nitrogens is 2. The number of nitrogens with one attached hydrogen (secondary N) is 1. The zero-order chi connectivity index (χ0) is 13.7. The lowest BCUT2D eigenvalue weighted by molar-refractivity contribution is 0.586. The van der Waals surface area contributed by atoms with Gasteiger partial charge < -0.3 is 9.88 Å². The highest BCUT2D eigenvalue weighted by Gasteiger charge is 2.08. The Balaban J connectivity index is 2.19. The van der Waals surface area contributed by atoms with Crippen LogP contribution in [0.2, 0.25) is 0 Å². The van der Waals surface area contributed by atoms with Gasteiger partial charge >= 0.3 is 0 Å². The SMILES string of the molecule is CCCNCc1ccc(-c2nccn2CC)cc1F. The molecular weight excluding hydrogens is 241 g/mol. The second-order valence-electron chi connectivity index (χ2n) is 4.52. The van der Waals surface area contributed by atoms with Crippen molar-refractivity contribution >= 4 is 0 Å². The van der Waals surface area contributed by atoms with Crippen LogP contribution in [0.15, 0.2) is 30.6 Å². The molecule has 0 aliphatic carbocycles. The second kappa shape index (κ2) is 6.48. The highest BCUT2D eigenvalue weighted by molar-refractivity contribution is 5.56. The zero-order valence-corrected chi connectivity index (χ0v) is 11.5. The summed E-state index contributed by atoms with van der Waals surface area (Å²) >= 11 is 0. The molecule has 0 atom stereocenters. The third-order valence-corrected chi connectivity index (χ3v) is 3.11. The first-order chi connectivity index (χ1) is 9.26. The summed E-state index contributed by atoms with van der Waals surface area (Å²) < 4.78 is 16.0. The Hall–Kier alpha value is -1.68. The van der Waals surface area contributed by atoms with Gasteiger partial charge in [-0.05, 0) is 26.0 Å². The van der Waals surface area contributed by atoms with E-state index < -0.39 is 0 Å². The molecule has 1 aromatic heterocycles. The predicted octanol–water partition coefficient (Wildman–Crippen LogP) is 3.21. The van der Waals surface area contributed by atoms with Gasteiger partial charge in [-0.15, -0.1) is 0 Å². The first-order valence-corrected chi connectivity index (χ1v) is 6.77. The Labute approximate surface area is 113 Å². The van der Waals surface area contributed by atoms with Crippen molar-refractivity contribution in [1.29, 1.82) is 0 Å². The van der Waals surface area contributed by atoms with Crippen LogP contribution in [-0.2, 0) is 13.1 Å². The topological polar surface area (TPSA) is 29.9 Å². The molecule has 0 aliphatic rings. The quantitative estimate of drug-likeness (QED) is 0.809. The molecular formula is C15H20FN3. The van der Waals surface area contributed by atoms with Gasteiger partial charge in [-0.1, -0.05) is 19.1 Å². The minimum Gasteiger partial charge on any atom is -0.331 e. The van der Waals surface area contributed by atoms with Crippen LogP contribution in [0.3, 0.4) is 0 Å². The molecule has 19 heavy (non-hydrogen) atoms. The third-order valence-electron chi connectivity index (χ3n) is 3.11. The van der Waals surface area contributed by atoms with E-state index in [1.165, 1.54) is 0 Å². The molecule has 0 amide bonds. The van der Waals surface area contributed by atoms with Crippen LogP contribution in [0, 0.1) is 5.82 Å². The molecule has 3 nitrogen and oxygen atoms in total. The maximum Gasteiger partial charge on any atom is 0.139 e. The summed E-state index contributed by atoms with van der Waals surface area (Å²) in [4.78, 5) is 4.28. The van der Waals surface area contributed by atoms with Crippen molar-refractivity contribution in [3.63, 3.8) is 0 Å². The average molecular weight is 261 g/mol. The molecule has 4 heteroatoms. The number of imidazole rings is 1. The molecule has 2 aromatic rings. The highest BCUT2D eigenvalue weighted by Crippen LogP contribution is 2.20. The fourth-order valence-corrected chi connectivity index (χ4v) is 2.05. The van der Waals surface area contributed by atoms with E-state index in [9.17, 15) is 4.39 Å². The number of hydrogen-bond acceptors (Lipinski definition) is 2. The van der Waals surface area contributed by atoms with E-state index in [4.69, 9.17) is 0 Å². The van der Waals surface area contributed by atoms with E-state index >= 15 is 0 Å².